The third kappa shape index (κ3) is 3.01. The lowest BCUT2D eigenvalue weighted by Gasteiger charge is -2.20. The molecule has 6 heteroatoms. The quantitative estimate of drug-likeness (QED) is 0.917. The van der Waals surface area contributed by atoms with E-state index in [9.17, 15) is 9.59 Å². The third-order valence-corrected chi connectivity index (χ3v) is 3.97. The summed E-state index contributed by atoms with van der Waals surface area (Å²) in [5.74, 6) is -0.229. The molecular weight excluding hydrogens is 282 g/mol. The molecule has 1 aromatic heterocycles. The molecule has 0 radical (unpaired) electrons. The Labute approximate surface area is 128 Å². The zero-order valence-corrected chi connectivity index (χ0v) is 12.5. The van der Waals surface area contributed by atoms with Crippen molar-refractivity contribution in [1.29, 1.82) is 0 Å². The maximum absolute atomic E-state index is 12.3. The predicted octanol–water partition coefficient (Wildman–Crippen LogP) is 1.08. The van der Waals surface area contributed by atoms with Crippen LogP contribution in [0.1, 0.15) is 19.8 Å². The summed E-state index contributed by atoms with van der Waals surface area (Å²) in [4.78, 5) is 24.4. The molecule has 3 rings (SSSR count). The topological polar surface area (TPSA) is 73.2 Å². The molecule has 1 fully saturated rings. The average molecular weight is 301 g/mol. The number of amides is 1. The maximum Gasteiger partial charge on any atom is 0.275 e. The fourth-order valence-corrected chi connectivity index (χ4v) is 2.77. The summed E-state index contributed by atoms with van der Waals surface area (Å²) in [7, 11) is 0. The van der Waals surface area contributed by atoms with Gasteiger partial charge in [-0.05, 0) is 25.8 Å². The summed E-state index contributed by atoms with van der Waals surface area (Å²) in [6, 6.07) is 7.15. The molecule has 2 aromatic rings. The summed E-state index contributed by atoms with van der Waals surface area (Å²) in [6.45, 7) is 2.59. The van der Waals surface area contributed by atoms with Gasteiger partial charge in [0.05, 0.1) is 23.7 Å². The molecular formula is C16H19N3O3. The van der Waals surface area contributed by atoms with E-state index >= 15 is 0 Å². The first-order chi connectivity index (χ1) is 10.6. The van der Waals surface area contributed by atoms with E-state index in [2.05, 4.69) is 10.4 Å². The first kappa shape index (κ1) is 14.7. The molecule has 1 amide bonds. The number of fused-ring (bicyclic) bond motifs is 1. The molecule has 1 aromatic carbocycles. The molecule has 1 aliphatic rings. The SMILES string of the molecule is C[C@H](NC(=O)Cn1ncc2ccccc2c1=O)[C@@H]1CCCO1. The van der Waals surface area contributed by atoms with Gasteiger partial charge in [0.25, 0.3) is 5.56 Å². The maximum atomic E-state index is 12.3. The number of hydrogen-bond acceptors (Lipinski definition) is 4. The highest BCUT2D eigenvalue weighted by atomic mass is 16.5. The van der Waals surface area contributed by atoms with Crippen LogP contribution in [0.25, 0.3) is 10.8 Å². The number of ether oxygens (including phenoxy) is 1. The van der Waals surface area contributed by atoms with E-state index in [-0.39, 0.29) is 30.2 Å². The lowest BCUT2D eigenvalue weighted by molar-refractivity contribution is -0.123. The molecule has 0 spiro atoms. The Bertz CT molecular complexity index is 735. The summed E-state index contributed by atoms with van der Waals surface area (Å²) in [5, 5.41) is 8.29. The Morgan fingerprint density at radius 1 is 1.50 bits per heavy atom. The number of carbonyl (C=O) groups is 1. The lowest BCUT2D eigenvalue weighted by Crippen LogP contribution is -2.43. The van der Waals surface area contributed by atoms with Gasteiger partial charge in [-0.2, -0.15) is 5.10 Å². The van der Waals surface area contributed by atoms with Crippen molar-refractivity contribution in [2.24, 2.45) is 0 Å². The van der Waals surface area contributed by atoms with Crippen LogP contribution in [0.3, 0.4) is 0 Å². The van der Waals surface area contributed by atoms with Crippen LogP contribution in [0.15, 0.2) is 35.3 Å². The zero-order valence-electron chi connectivity index (χ0n) is 12.5. The van der Waals surface area contributed by atoms with Gasteiger partial charge in [0.1, 0.15) is 6.54 Å². The number of aromatic nitrogens is 2. The standard InChI is InChI=1S/C16H19N3O3/c1-11(14-7-4-8-22-14)18-15(20)10-19-16(21)13-6-3-2-5-12(13)9-17-19/h2-3,5-6,9,11,14H,4,7-8,10H2,1H3,(H,18,20)/t11-,14-/m0/s1. The molecule has 1 aliphatic heterocycles. The Kier molecular flexibility index (Phi) is 4.20. The van der Waals surface area contributed by atoms with Crippen LogP contribution < -0.4 is 10.9 Å². The Morgan fingerprint density at radius 2 is 2.32 bits per heavy atom. The van der Waals surface area contributed by atoms with Gasteiger partial charge < -0.3 is 10.1 Å². The van der Waals surface area contributed by atoms with Crippen molar-refractivity contribution in [3.63, 3.8) is 0 Å². The van der Waals surface area contributed by atoms with Crippen LogP contribution in [0.4, 0.5) is 0 Å². The van der Waals surface area contributed by atoms with Crippen molar-refractivity contribution in [3.05, 3.63) is 40.8 Å². The fraction of sp³-hybridized carbons (Fsp3) is 0.438. The summed E-state index contributed by atoms with van der Waals surface area (Å²) in [5.41, 5.74) is -0.252. The molecule has 1 N–H and O–H groups in total. The first-order valence-corrected chi connectivity index (χ1v) is 7.51. The predicted molar refractivity (Wildman–Crippen MR) is 82.6 cm³/mol. The van der Waals surface area contributed by atoms with E-state index in [4.69, 9.17) is 4.74 Å². The monoisotopic (exact) mass is 301 g/mol. The van der Waals surface area contributed by atoms with Crippen molar-refractivity contribution in [1.82, 2.24) is 15.1 Å². The molecule has 2 atom stereocenters. The van der Waals surface area contributed by atoms with E-state index in [0.717, 1.165) is 24.8 Å². The molecule has 0 bridgehead atoms. The van der Waals surface area contributed by atoms with Crippen LogP contribution in [-0.2, 0) is 16.1 Å². The minimum atomic E-state index is -0.252. The van der Waals surface area contributed by atoms with Gasteiger partial charge in [0.2, 0.25) is 5.91 Å². The van der Waals surface area contributed by atoms with E-state index in [1.165, 1.54) is 4.68 Å². The van der Waals surface area contributed by atoms with Crippen molar-refractivity contribution in [2.75, 3.05) is 6.61 Å². The summed E-state index contributed by atoms with van der Waals surface area (Å²) < 4.78 is 6.74. The Balaban J connectivity index is 1.71. The zero-order chi connectivity index (χ0) is 15.5. The number of nitrogens with zero attached hydrogens (tertiary/aromatic N) is 2. The van der Waals surface area contributed by atoms with Crippen LogP contribution in [0.2, 0.25) is 0 Å². The molecule has 0 unspecified atom stereocenters. The van der Waals surface area contributed by atoms with Crippen molar-refractivity contribution in [2.45, 2.75) is 38.5 Å². The second kappa shape index (κ2) is 6.27. The molecule has 1 saturated heterocycles. The molecule has 0 saturated carbocycles. The van der Waals surface area contributed by atoms with Crippen LogP contribution in [-0.4, -0.2) is 34.4 Å². The molecule has 6 nitrogen and oxygen atoms in total. The van der Waals surface area contributed by atoms with Crippen LogP contribution in [0.5, 0.6) is 0 Å². The normalized spacial score (nSPS) is 19.2. The van der Waals surface area contributed by atoms with Gasteiger partial charge in [-0.15, -0.1) is 0 Å². The average Bonchev–Trinajstić information content (AvgIpc) is 3.05. The van der Waals surface area contributed by atoms with Gasteiger partial charge in [0.15, 0.2) is 0 Å². The largest absolute Gasteiger partial charge is 0.376 e. The van der Waals surface area contributed by atoms with Gasteiger partial charge in [0, 0.05) is 12.0 Å². The van der Waals surface area contributed by atoms with Crippen molar-refractivity contribution >= 4 is 16.7 Å². The smallest absolute Gasteiger partial charge is 0.275 e. The first-order valence-electron chi connectivity index (χ1n) is 7.51. The minimum absolute atomic E-state index is 0.0604. The number of benzene rings is 1. The Hall–Kier alpha value is -2.21. The van der Waals surface area contributed by atoms with Gasteiger partial charge in [-0.1, -0.05) is 18.2 Å². The van der Waals surface area contributed by atoms with Crippen molar-refractivity contribution in [3.8, 4) is 0 Å². The summed E-state index contributed by atoms with van der Waals surface area (Å²) >= 11 is 0. The van der Waals surface area contributed by atoms with E-state index in [1.54, 1.807) is 18.3 Å². The highest BCUT2D eigenvalue weighted by Gasteiger charge is 2.23. The van der Waals surface area contributed by atoms with E-state index in [0.29, 0.717) is 5.39 Å². The minimum Gasteiger partial charge on any atom is -0.376 e. The fourth-order valence-electron chi connectivity index (χ4n) is 2.77. The summed E-state index contributed by atoms with van der Waals surface area (Å²) in [6.07, 6.45) is 3.64. The number of carbonyl (C=O) groups excluding carboxylic acids is 1. The van der Waals surface area contributed by atoms with Gasteiger partial charge in [-0.3, -0.25) is 9.59 Å². The lowest BCUT2D eigenvalue weighted by atomic mass is 10.1. The van der Waals surface area contributed by atoms with Crippen LogP contribution >= 0.6 is 0 Å². The number of nitrogens with one attached hydrogen (secondary N) is 1. The van der Waals surface area contributed by atoms with Gasteiger partial charge in [-0.25, -0.2) is 4.68 Å². The second-order valence-corrected chi connectivity index (χ2v) is 5.60. The van der Waals surface area contributed by atoms with E-state index < -0.39 is 0 Å². The van der Waals surface area contributed by atoms with Crippen LogP contribution in [0, 0.1) is 0 Å². The number of rotatable bonds is 4. The molecule has 22 heavy (non-hydrogen) atoms. The molecule has 116 valence electrons. The van der Waals surface area contributed by atoms with E-state index in [1.807, 2.05) is 19.1 Å². The number of hydrogen-bond donors (Lipinski definition) is 1. The third-order valence-electron chi connectivity index (χ3n) is 3.97. The second-order valence-electron chi connectivity index (χ2n) is 5.60. The Morgan fingerprint density at radius 3 is 3.09 bits per heavy atom. The van der Waals surface area contributed by atoms with Crippen molar-refractivity contribution < 1.29 is 9.53 Å². The molecule has 0 aliphatic carbocycles. The van der Waals surface area contributed by atoms with Gasteiger partial charge >= 0.3 is 0 Å². The molecule has 2 heterocycles. The highest BCUT2D eigenvalue weighted by Crippen LogP contribution is 2.15. The highest BCUT2D eigenvalue weighted by molar-refractivity contribution is 5.81.